The Labute approximate surface area is 110 Å². The van der Waals surface area contributed by atoms with Crippen molar-refractivity contribution < 1.29 is 0 Å². The van der Waals surface area contributed by atoms with E-state index in [4.69, 9.17) is 17.3 Å². The van der Waals surface area contributed by atoms with Gasteiger partial charge < -0.3 is 5.73 Å². The molecule has 90 valence electrons. The second-order valence-corrected chi connectivity index (χ2v) is 5.57. The van der Waals surface area contributed by atoms with Gasteiger partial charge in [0.15, 0.2) is 5.13 Å². The highest BCUT2D eigenvalue weighted by atomic mass is 35.5. The minimum Gasteiger partial charge on any atom is -0.375 e. The van der Waals surface area contributed by atoms with E-state index in [1.54, 1.807) is 11.3 Å². The molecule has 2 nitrogen and oxygen atoms in total. The molecule has 0 bridgehead atoms. The first-order valence-corrected chi connectivity index (χ1v) is 6.78. The van der Waals surface area contributed by atoms with E-state index in [0.717, 1.165) is 29.1 Å². The molecule has 0 aliphatic rings. The summed E-state index contributed by atoms with van der Waals surface area (Å²) < 4.78 is 0. The van der Waals surface area contributed by atoms with Crippen LogP contribution in [0, 0.1) is 6.92 Å². The van der Waals surface area contributed by atoms with E-state index in [-0.39, 0.29) is 0 Å². The molecule has 0 amide bonds. The molecule has 2 aromatic rings. The molecule has 0 aliphatic carbocycles. The molecule has 0 aliphatic heterocycles. The van der Waals surface area contributed by atoms with Gasteiger partial charge in [-0.05, 0) is 30.5 Å². The van der Waals surface area contributed by atoms with Crippen LogP contribution in [0.5, 0.6) is 0 Å². The Bertz CT molecular complexity index is 534. The normalized spacial score (nSPS) is 10.8. The summed E-state index contributed by atoms with van der Waals surface area (Å²) in [5.74, 6) is 0. The van der Waals surface area contributed by atoms with Gasteiger partial charge in [0.05, 0.1) is 5.69 Å². The van der Waals surface area contributed by atoms with E-state index in [0.29, 0.717) is 5.13 Å². The molecule has 1 heterocycles. The third kappa shape index (κ3) is 2.79. The molecule has 1 aromatic carbocycles. The standard InChI is InChI=1S/C13H15ClN2S/c1-3-11-12(17-13(15)16-11)7-9-5-4-8(2)6-10(9)14/h4-6H,3,7H2,1-2H3,(H2,15,16). The SMILES string of the molecule is CCc1nc(N)sc1Cc1ccc(C)cc1Cl. The Hall–Kier alpha value is -1.06. The van der Waals surface area contributed by atoms with Crippen LogP contribution in [0.25, 0.3) is 0 Å². The number of nitrogens with two attached hydrogens (primary N) is 1. The topological polar surface area (TPSA) is 38.9 Å². The maximum absolute atomic E-state index is 6.23. The molecule has 0 unspecified atom stereocenters. The van der Waals surface area contributed by atoms with E-state index >= 15 is 0 Å². The summed E-state index contributed by atoms with van der Waals surface area (Å²) >= 11 is 7.79. The quantitative estimate of drug-likeness (QED) is 0.917. The Morgan fingerprint density at radius 1 is 1.41 bits per heavy atom. The van der Waals surface area contributed by atoms with Crippen molar-refractivity contribution in [2.45, 2.75) is 26.7 Å². The van der Waals surface area contributed by atoms with E-state index in [9.17, 15) is 0 Å². The van der Waals surface area contributed by atoms with Crippen LogP contribution in [0.3, 0.4) is 0 Å². The molecular weight excluding hydrogens is 252 g/mol. The van der Waals surface area contributed by atoms with Gasteiger partial charge in [-0.3, -0.25) is 0 Å². The number of halogens is 1. The van der Waals surface area contributed by atoms with Crippen molar-refractivity contribution in [1.82, 2.24) is 4.98 Å². The zero-order valence-corrected chi connectivity index (χ0v) is 11.5. The molecule has 1 aromatic heterocycles. The average molecular weight is 267 g/mol. The molecule has 2 N–H and O–H groups in total. The first-order valence-electron chi connectivity index (χ1n) is 5.59. The second kappa shape index (κ2) is 5.07. The molecule has 0 saturated carbocycles. The molecule has 0 radical (unpaired) electrons. The average Bonchev–Trinajstić information content (AvgIpc) is 2.63. The molecule has 2 rings (SSSR count). The molecule has 4 heteroatoms. The van der Waals surface area contributed by atoms with Crippen LogP contribution < -0.4 is 5.73 Å². The van der Waals surface area contributed by atoms with E-state index in [2.05, 4.69) is 24.0 Å². The lowest BCUT2D eigenvalue weighted by molar-refractivity contribution is 1.02. The molecular formula is C13H15ClN2S. The van der Waals surface area contributed by atoms with Crippen LogP contribution in [-0.2, 0) is 12.8 Å². The van der Waals surface area contributed by atoms with Gasteiger partial charge in [0.1, 0.15) is 0 Å². The summed E-state index contributed by atoms with van der Waals surface area (Å²) in [7, 11) is 0. The van der Waals surface area contributed by atoms with Crippen LogP contribution >= 0.6 is 22.9 Å². The number of benzene rings is 1. The first kappa shape index (κ1) is 12.4. The number of thiazole rings is 1. The number of anilines is 1. The van der Waals surface area contributed by atoms with Crippen molar-refractivity contribution in [1.29, 1.82) is 0 Å². The van der Waals surface area contributed by atoms with Crippen molar-refractivity contribution in [3.8, 4) is 0 Å². The van der Waals surface area contributed by atoms with Gasteiger partial charge in [-0.15, -0.1) is 11.3 Å². The highest BCUT2D eigenvalue weighted by molar-refractivity contribution is 7.15. The van der Waals surface area contributed by atoms with Gasteiger partial charge in [-0.2, -0.15) is 0 Å². The molecule has 0 fully saturated rings. The van der Waals surface area contributed by atoms with E-state index in [1.807, 2.05) is 13.0 Å². The van der Waals surface area contributed by atoms with Crippen LogP contribution in [0.1, 0.15) is 28.6 Å². The maximum atomic E-state index is 6.23. The predicted octanol–water partition coefficient (Wildman–Crippen LogP) is 3.84. The van der Waals surface area contributed by atoms with Crippen molar-refractivity contribution in [2.24, 2.45) is 0 Å². The van der Waals surface area contributed by atoms with Crippen LogP contribution in [0.4, 0.5) is 5.13 Å². The van der Waals surface area contributed by atoms with Crippen LogP contribution in [0.15, 0.2) is 18.2 Å². The first-order chi connectivity index (χ1) is 8.10. The minimum atomic E-state index is 0.639. The largest absolute Gasteiger partial charge is 0.375 e. The summed E-state index contributed by atoms with van der Waals surface area (Å²) in [4.78, 5) is 5.54. The third-order valence-electron chi connectivity index (χ3n) is 2.69. The number of nitrogens with zero attached hydrogens (tertiary/aromatic N) is 1. The summed E-state index contributed by atoms with van der Waals surface area (Å²) in [5, 5.41) is 1.46. The second-order valence-electron chi connectivity index (χ2n) is 4.05. The fourth-order valence-corrected chi connectivity index (χ4v) is 3.03. The summed E-state index contributed by atoms with van der Waals surface area (Å²) in [6.07, 6.45) is 1.73. The zero-order chi connectivity index (χ0) is 12.4. The van der Waals surface area contributed by atoms with Crippen LogP contribution in [-0.4, -0.2) is 4.98 Å². The van der Waals surface area contributed by atoms with Crippen molar-refractivity contribution in [3.63, 3.8) is 0 Å². The smallest absolute Gasteiger partial charge is 0.180 e. The number of hydrogen-bond donors (Lipinski definition) is 1. The number of hydrogen-bond acceptors (Lipinski definition) is 3. The predicted molar refractivity (Wildman–Crippen MR) is 74.9 cm³/mol. The Kier molecular flexibility index (Phi) is 3.69. The number of aromatic nitrogens is 1. The lowest BCUT2D eigenvalue weighted by Gasteiger charge is -2.04. The molecule has 0 spiro atoms. The fourth-order valence-electron chi connectivity index (χ4n) is 1.79. The van der Waals surface area contributed by atoms with Gasteiger partial charge in [-0.1, -0.05) is 30.7 Å². The van der Waals surface area contributed by atoms with E-state index in [1.165, 1.54) is 10.4 Å². The lowest BCUT2D eigenvalue weighted by Crippen LogP contribution is -1.92. The molecule has 17 heavy (non-hydrogen) atoms. The highest BCUT2D eigenvalue weighted by Crippen LogP contribution is 2.27. The zero-order valence-electron chi connectivity index (χ0n) is 9.96. The number of nitrogen functional groups attached to an aromatic ring is 1. The van der Waals surface area contributed by atoms with E-state index < -0.39 is 0 Å². The van der Waals surface area contributed by atoms with Crippen LogP contribution in [0.2, 0.25) is 5.02 Å². The highest BCUT2D eigenvalue weighted by Gasteiger charge is 2.10. The maximum Gasteiger partial charge on any atom is 0.180 e. The lowest BCUT2D eigenvalue weighted by atomic mass is 10.1. The summed E-state index contributed by atoms with van der Waals surface area (Å²) in [6, 6.07) is 6.15. The van der Waals surface area contributed by atoms with Gasteiger partial charge in [0.2, 0.25) is 0 Å². The Morgan fingerprint density at radius 2 is 2.18 bits per heavy atom. The number of rotatable bonds is 3. The third-order valence-corrected chi connectivity index (χ3v) is 3.97. The van der Waals surface area contributed by atoms with Gasteiger partial charge >= 0.3 is 0 Å². The minimum absolute atomic E-state index is 0.639. The van der Waals surface area contributed by atoms with Gasteiger partial charge in [-0.25, -0.2) is 4.98 Å². The summed E-state index contributed by atoms with van der Waals surface area (Å²) in [5.41, 5.74) is 9.15. The van der Waals surface area contributed by atoms with Crippen molar-refractivity contribution in [2.75, 3.05) is 5.73 Å². The Morgan fingerprint density at radius 3 is 2.82 bits per heavy atom. The van der Waals surface area contributed by atoms with Crippen molar-refractivity contribution >= 4 is 28.1 Å². The van der Waals surface area contributed by atoms with Gasteiger partial charge in [0.25, 0.3) is 0 Å². The Balaban J connectivity index is 2.30. The molecule has 0 saturated heterocycles. The monoisotopic (exact) mass is 266 g/mol. The fraction of sp³-hybridized carbons (Fsp3) is 0.308. The van der Waals surface area contributed by atoms with Crippen molar-refractivity contribution in [3.05, 3.63) is 44.9 Å². The van der Waals surface area contributed by atoms with Gasteiger partial charge in [0, 0.05) is 16.3 Å². The molecule has 0 atom stereocenters. The summed E-state index contributed by atoms with van der Waals surface area (Å²) in [6.45, 7) is 4.13. The number of aryl methyl sites for hydroxylation is 2.